The van der Waals surface area contributed by atoms with Crippen molar-refractivity contribution in [1.29, 1.82) is 5.26 Å². The minimum Gasteiger partial charge on any atom is -0.346 e. The van der Waals surface area contributed by atoms with Gasteiger partial charge in [-0.15, -0.1) is 0 Å². The topological polar surface area (TPSA) is 116 Å². The van der Waals surface area contributed by atoms with Gasteiger partial charge >= 0.3 is 0 Å². The van der Waals surface area contributed by atoms with Gasteiger partial charge in [0.1, 0.15) is 11.8 Å². The van der Waals surface area contributed by atoms with E-state index in [1.54, 1.807) is 53.3 Å². The van der Waals surface area contributed by atoms with Crippen LogP contribution < -0.4 is 5.32 Å². The number of nitrogens with zero attached hydrogens (tertiary/aromatic N) is 4. The van der Waals surface area contributed by atoms with Gasteiger partial charge in [-0.05, 0) is 43.3 Å². The fourth-order valence-electron chi connectivity index (χ4n) is 3.45. The van der Waals surface area contributed by atoms with Crippen LogP contribution in [0.5, 0.6) is 0 Å². The normalized spacial score (nSPS) is 11.6. The number of carbonyl (C=O) groups excluding carboxylic acids is 2. The highest BCUT2D eigenvalue weighted by Gasteiger charge is 2.16. The molecule has 0 aliphatic carbocycles. The molecule has 0 spiro atoms. The van der Waals surface area contributed by atoms with Crippen LogP contribution in [0.1, 0.15) is 33.3 Å². The van der Waals surface area contributed by atoms with Crippen LogP contribution in [-0.2, 0) is 6.54 Å². The molecule has 0 bridgehead atoms. The van der Waals surface area contributed by atoms with Crippen LogP contribution in [0.2, 0.25) is 10.0 Å². The summed E-state index contributed by atoms with van der Waals surface area (Å²) in [5.41, 5.74) is 3.60. The number of nitrogens with one attached hydrogen (secondary N) is 2. The van der Waals surface area contributed by atoms with Crippen LogP contribution in [0.25, 0.3) is 22.5 Å². The van der Waals surface area contributed by atoms with Crippen LogP contribution in [-0.4, -0.2) is 38.2 Å². The maximum absolute atomic E-state index is 12.7. The Labute approximate surface area is 205 Å². The molecule has 2 aromatic heterocycles. The molecule has 34 heavy (non-hydrogen) atoms. The number of benzene rings is 2. The minimum atomic E-state index is -0.334. The smallest absolute Gasteiger partial charge is 0.269 e. The largest absolute Gasteiger partial charge is 0.346 e. The zero-order valence-electron chi connectivity index (χ0n) is 17.9. The summed E-state index contributed by atoms with van der Waals surface area (Å²) in [6, 6.07) is 15.2. The van der Waals surface area contributed by atoms with Crippen molar-refractivity contribution in [3.05, 3.63) is 81.6 Å². The van der Waals surface area contributed by atoms with Gasteiger partial charge in [-0.25, -0.2) is 0 Å². The first kappa shape index (κ1) is 23.2. The van der Waals surface area contributed by atoms with Gasteiger partial charge in [-0.1, -0.05) is 35.3 Å². The number of rotatable bonds is 7. The Balaban J connectivity index is 1.41. The van der Waals surface area contributed by atoms with Gasteiger partial charge < -0.3 is 5.32 Å². The van der Waals surface area contributed by atoms with Gasteiger partial charge in [0.15, 0.2) is 6.29 Å². The van der Waals surface area contributed by atoms with Crippen molar-refractivity contribution < 1.29 is 9.59 Å². The summed E-state index contributed by atoms with van der Waals surface area (Å²) in [6.07, 6.45) is 2.50. The van der Waals surface area contributed by atoms with Crippen molar-refractivity contribution in [2.24, 2.45) is 0 Å². The molecule has 4 aromatic rings. The molecule has 0 fully saturated rings. The average molecular weight is 493 g/mol. The molecule has 2 aromatic carbocycles. The molecular weight excluding hydrogens is 475 g/mol. The second-order valence-electron chi connectivity index (χ2n) is 7.62. The molecule has 0 saturated carbocycles. The summed E-state index contributed by atoms with van der Waals surface area (Å²) in [5, 5.41) is 24.1. The van der Waals surface area contributed by atoms with Crippen LogP contribution >= 0.6 is 23.2 Å². The Morgan fingerprint density at radius 2 is 2.03 bits per heavy atom. The number of aldehydes is 1. The Morgan fingerprint density at radius 3 is 2.76 bits per heavy atom. The Kier molecular flexibility index (Phi) is 6.77. The summed E-state index contributed by atoms with van der Waals surface area (Å²) in [4.78, 5) is 24.0. The SMILES string of the molecule is C[C@@H](Cn1ccc(-c2ccc(C#N)c(Cl)c2)n1)NC(=O)c1cc(-c2ccc(Cl)cc2C=O)n[nH]1. The summed E-state index contributed by atoms with van der Waals surface area (Å²) in [5.74, 6) is -0.334. The second kappa shape index (κ2) is 9.91. The molecule has 0 aliphatic rings. The predicted molar refractivity (Wildman–Crippen MR) is 129 cm³/mol. The number of aromatic amines is 1. The van der Waals surface area contributed by atoms with E-state index in [0.717, 1.165) is 5.56 Å². The van der Waals surface area contributed by atoms with Crippen molar-refractivity contribution in [3.8, 4) is 28.6 Å². The first-order valence-corrected chi connectivity index (χ1v) is 11.0. The van der Waals surface area contributed by atoms with E-state index in [1.165, 1.54) is 0 Å². The highest BCUT2D eigenvalue weighted by Crippen LogP contribution is 2.25. The zero-order valence-corrected chi connectivity index (χ0v) is 19.4. The van der Waals surface area contributed by atoms with Gasteiger partial charge in [0.05, 0.1) is 28.5 Å². The third-order valence-corrected chi connectivity index (χ3v) is 5.65. The van der Waals surface area contributed by atoms with E-state index >= 15 is 0 Å². The van der Waals surface area contributed by atoms with Crippen LogP contribution in [0.15, 0.2) is 54.7 Å². The average Bonchev–Trinajstić information content (AvgIpc) is 3.49. The number of hydrogen-bond donors (Lipinski definition) is 2. The number of amides is 1. The van der Waals surface area contributed by atoms with Crippen LogP contribution in [0.4, 0.5) is 0 Å². The number of halogens is 2. The third kappa shape index (κ3) is 5.01. The maximum atomic E-state index is 12.7. The first-order chi connectivity index (χ1) is 16.4. The molecule has 8 nitrogen and oxygen atoms in total. The lowest BCUT2D eigenvalue weighted by atomic mass is 10.1. The second-order valence-corrected chi connectivity index (χ2v) is 8.46. The van der Waals surface area contributed by atoms with Gasteiger partial charge in [-0.3, -0.25) is 19.4 Å². The van der Waals surface area contributed by atoms with Crippen LogP contribution in [0, 0.1) is 11.3 Å². The molecule has 4 rings (SSSR count). The third-order valence-electron chi connectivity index (χ3n) is 5.10. The molecule has 0 aliphatic heterocycles. The van der Waals surface area contributed by atoms with E-state index in [4.69, 9.17) is 28.5 Å². The van der Waals surface area contributed by atoms with E-state index in [2.05, 4.69) is 20.6 Å². The van der Waals surface area contributed by atoms with Crippen molar-refractivity contribution in [1.82, 2.24) is 25.3 Å². The highest BCUT2D eigenvalue weighted by atomic mass is 35.5. The fourth-order valence-corrected chi connectivity index (χ4v) is 3.85. The monoisotopic (exact) mass is 492 g/mol. The van der Waals surface area contributed by atoms with E-state index in [-0.39, 0.29) is 17.6 Å². The van der Waals surface area contributed by atoms with E-state index < -0.39 is 0 Å². The standard InChI is InChI=1S/C24H18Cl2N6O2/c1-14(12-32-7-6-21(31-32)15-2-3-16(11-27)20(26)9-15)28-24(34)23-10-22(29-30-23)19-5-4-18(25)8-17(19)13-33/h2-10,13-14H,12H2,1H3,(H,28,34)(H,29,30)/t14-/m0/s1. The summed E-state index contributed by atoms with van der Waals surface area (Å²) in [6.45, 7) is 2.29. The lowest BCUT2D eigenvalue weighted by Gasteiger charge is -2.13. The number of nitriles is 1. The molecule has 0 unspecified atom stereocenters. The quantitative estimate of drug-likeness (QED) is 0.361. The van der Waals surface area contributed by atoms with Gasteiger partial charge in [-0.2, -0.15) is 15.5 Å². The summed E-state index contributed by atoms with van der Waals surface area (Å²) >= 11 is 12.1. The maximum Gasteiger partial charge on any atom is 0.269 e. The molecule has 1 amide bonds. The number of H-pyrrole nitrogens is 1. The Bertz CT molecular complexity index is 1420. The molecule has 2 N–H and O–H groups in total. The van der Waals surface area contributed by atoms with Crippen molar-refractivity contribution in [2.75, 3.05) is 0 Å². The Hall–Kier alpha value is -3.93. The van der Waals surface area contributed by atoms with E-state index in [0.29, 0.717) is 51.0 Å². The lowest BCUT2D eigenvalue weighted by molar-refractivity contribution is 0.0930. The molecule has 10 heteroatoms. The van der Waals surface area contributed by atoms with E-state index in [9.17, 15) is 9.59 Å². The fraction of sp³-hybridized carbons (Fsp3) is 0.125. The molecule has 170 valence electrons. The summed E-state index contributed by atoms with van der Waals surface area (Å²) in [7, 11) is 0. The van der Waals surface area contributed by atoms with Gasteiger partial charge in [0.2, 0.25) is 0 Å². The molecule has 0 radical (unpaired) electrons. The van der Waals surface area contributed by atoms with Gasteiger partial charge in [0, 0.05) is 34.0 Å². The molecular formula is C24H18Cl2N6O2. The number of carbonyl (C=O) groups is 2. The highest BCUT2D eigenvalue weighted by molar-refractivity contribution is 6.32. The Morgan fingerprint density at radius 1 is 1.21 bits per heavy atom. The lowest BCUT2D eigenvalue weighted by Crippen LogP contribution is -2.36. The number of hydrogen-bond acceptors (Lipinski definition) is 5. The van der Waals surface area contributed by atoms with Gasteiger partial charge in [0.25, 0.3) is 5.91 Å². The van der Waals surface area contributed by atoms with Crippen molar-refractivity contribution in [2.45, 2.75) is 19.5 Å². The molecule has 1 atom stereocenters. The van der Waals surface area contributed by atoms with Crippen LogP contribution in [0.3, 0.4) is 0 Å². The van der Waals surface area contributed by atoms with E-state index in [1.807, 2.05) is 19.1 Å². The predicted octanol–water partition coefficient (Wildman–Crippen LogP) is 4.75. The molecule has 0 saturated heterocycles. The summed E-state index contributed by atoms with van der Waals surface area (Å²) < 4.78 is 1.72. The minimum absolute atomic E-state index is 0.238. The molecule has 2 heterocycles. The first-order valence-electron chi connectivity index (χ1n) is 10.2. The van der Waals surface area contributed by atoms with Crippen molar-refractivity contribution >= 4 is 35.4 Å². The van der Waals surface area contributed by atoms with Crippen molar-refractivity contribution in [3.63, 3.8) is 0 Å². The number of aromatic nitrogens is 4. The zero-order chi connectivity index (χ0) is 24.2.